The molecule has 3 rings (SSSR count). The van der Waals surface area contributed by atoms with E-state index in [0.717, 1.165) is 22.9 Å². The van der Waals surface area contributed by atoms with Gasteiger partial charge in [-0.2, -0.15) is 9.78 Å². The summed E-state index contributed by atoms with van der Waals surface area (Å²) in [4.78, 5) is 29.2. The van der Waals surface area contributed by atoms with Crippen LogP contribution >= 0.6 is 0 Å². The molecule has 0 saturated heterocycles. The van der Waals surface area contributed by atoms with E-state index in [0.29, 0.717) is 0 Å². The predicted molar refractivity (Wildman–Crippen MR) is 104 cm³/mol. The van der Waals surface area contributed by atoms with E-state index >= 15 is 0 Å². The van der Waals surface area contributed by atoms with E-state index in [-0.39, 0.29) is 23.3 Å². The smallest absolute Gasteiger partial charge is 0.508 e. The van der Waals surface area contributed by atoms with Crippen molar-refractivity contribution < 1.29 is 32.2 Å². The molecule has 0 aliphatic heterocycles. The molecule has 2 N–H and O–H groups in total. The van der Waals surface area contributed by atoms with Gasteiger partial charge in [-0.3, -0.25) is 14.6 Å². The number of aromatic nitrogens is 3. The number of hydrogen-bond donors (Lipinski definition) is 2. The van der Waals surface area contributed by atoms with Crippen LogP contribution in [0.5, 0.6) is 5.75 Å². The molecule has 1 amide bonds. The van der Waals surface area contributed by atoms with Crippen LogP contribution in [-0.2, 0) is 0 Å². The summed E-state index contributed by atoms with van der Waals surface area (Å²) in [5, 5.41) is 15.5. The molecule has 0 bridgehead atoms. The Morgan fingerprint density at radius 3 is 2.53 bits per heavy atom. The predicted octanol–water partition coefficient (Wildman–Crippen LogP) is 3.29. The summed E-state index contributed by atoms with van der Waals surface area (Å²) in [6.45, 7) is -0.567. The molecule has 2 aromatic heterocycles. The third-order valence-corrected chi connectivity index (χ3v) is 3.99. The van der Waals surface area contributed by atoms with E-state index in [4.69, 9.17) is 0 Å². The average molecular weight is 450 g/mol. The maximum atomic E-state index is 12.8. The van der Waals surface area contributed by atoms with Crippen LogP contribution in [-0.4, -0.2) is 38.7 Å². The van der Waals surface area contributed by atoms with Gasteiger partial charge in [-0.1, -0.05) is 0 Å². The van der Waals surface area contributed by atoms with Gasteiger partial charge in [0.05, 0.1) is 24.1 Å². The van der Waals surface area contributed by atoms with Gasteiger partial charge in [-0.05, 0) is 42.5 Å². The Kier molecular flexibility index (Phi) is 6.52. The van der Waals surface area contributed by atoms with Gasteiger partial charge < -0.3 is 15.2 Å². The fourth-order valence-corrected chi connectivity index (χ4v) is 2.58. The molecule has 3 aromatic rings. The normalized spacial score (nSPS) is 11.8. The minimum Gasteiger partial charge on any atom is -0.508 e. The zero-order valence-electron chi connectivity index (χ0n) is 16.0. The number of aliphatic hydroxyl groups excluding tert-OH is 1. The topological polar surface area (TPSA) is 106 Å². The third-order valence-electron chi connectivity index (χ3n) is 3.99. The number of amides is 1. The fraction of sp³-hybridized carbons (Fsp3) is 0.100. The summed E-state index contributed by atoms with van der Waals surface area (Å²) < 4.78 is 54.1. The number of benzene rings is 1. The molecule has 0 aliphatic rings. The van der Waals surface area contributed by atoms with Crippen molar-refractivity contribution in [1.82, 2.24) is 20.1 Å². The standard InChI is InChI=1S/C20H14F4N4O4/c21-9-14(29)11-26-18(30)16-8-17(12-3-5-15(6-4-12)32-20(22,23)24)27-28(19(16)31)13-2-1-7-25-10-13/h1-10,29H,11H2,(H,26,30)/b14-9-. The van der Waals surface area contributed by atoms with Crippen LogP contribution in [0.1, 0.15) is 10.4 Å². The van der Waals surface area contributed by atoms with Crippen molar-refractivity contribution in [3.8, 4) is 22.7 Å². The van der Waals surface area contributed by atoms with Crippen molar-refractivity contribution in [2.24, 2.45) is 0 Å². The summed E-state index contributed by atoms with van der Waals surface area (Å²) >= 11 is 0. The molecule has 0 unspecified atom stereocenters. The fourth-order valence-electron chi connectivity index (χ4n) is 2.58. The third kappa shape index (κ3) is 5.47. The molecule has 166 valence electrons. The monoisotopic (exact) mass is 450 g/mol. The van der Waals surface area contributed by atoms with Crippen LogP contribution < -0.4 is 15.6 Å². The summed E-state index contributed by atoms with van der Waals surface area (Å²) in [5.41, 5.74) is -0.668. The van der Waals surface area contributed by atoms with Gasteiger partial charge in [-0.15, -0.1) is 13.2 Å². The number of pyridine rings is 1. The molecule has 0 aliphatic carbocycles. The van der Waals surface area contributed by atoms with Crippen LogP contribution in [0.3, 0.4) is 0 Å². The molecular formula is C20H14F4N4O4. The number of ether oxygens (including phenoxy) is 1. The molecule has 12 heteroatoms. The molecule has 32 heavy (non-hydrogen) atoms. The zero-order chi connectivity index (χ0) is 23.3. The number of carbonyl (C=O) groups excluding carboxylic acids is 1. The second-order valence-corrected chi connectivity index (χ2v) is 6.23. The van der Waals surface area contributed by atoms with Gasteiger partial charge in [0, 0.05) is 11.8 Å². The second kappa shape index (κ2) is 9.29. The maximum absolute atomic E-state index is 12.8. The first kappa shape index (κ1) is 22.5. The number of nitrogens with zero attached hydrogens (tertiary/aromatic N) is 3. The Labute approximate surface area is 177 Å². The van der Waals surface area contributed by atoms with Crippen LogP contribution in [0.25, 0.3) is 16.9 Å². The maximum Gasteiger partial charge on any atom is 0.573 e. The van der Waals surface area contributed by atoms with Crippen LogP contribution in [0.15, 0.2) is 71.7 Å². The molecule has 2 heterocycles. The minimum absolute atomic E-state index is 0.0717. The summed E-state index contributed by atoms with van der Waals surface area (Å²) in [6.07, 6.45) is -2.20. The van der Waals surface area contributed by atoms with Gasteiger partial charge in [0.25, 0.3) is 11.5 Å². The summed E-state index contributed by atoms with van der Waals surface area (Å²) in [7, 11) is 0. The lowest BCUT2D eigenvalue weighted by Gasteiger charge is -2.12. The first-order valence-electron chi connectivity index (χ1n) is 8.85. The summed E-state index contributed by atoms with van der Waals surface area (Å²) in [5.74, 6) is -2.16. The molecule has 0 saturated carbocycles. The van der Waals surface area contributed by atoms with E-state index in [1.807, 2.05) is 0 Å². The van der Waals surface area contributed by atoms with E-state index in [1.54, 1.807) is 0 Å². The lowest BCUT2D eigenvalue weighted by Crippen LogP contribution is -2.34. The van der Waals surface area contributed by atoms with Gasteiger partial charge in [0.2, 0.25) is 0 Å². The molecule has 0 fully saturated rings. The minimum atomic E-state index is -4.86. The zero-order valence-corrected chi connectivity index (χ0v) is 16.0. The highest BCUT2D eigenvalue weighted by Gasteiger charge is 2.31. The largest absolute Gasteiger partial charge is 0.573 e. The number of halogens is 4. The Bertz CT molecular complexity index is 1190. The van der Waals surface area contributed by atoms with Crippen molar-refractivity contribution in [1.29, 1.82) is 0 Å². The highest BCUT2D eigenvalue weighted by Crippen LogP contribution is 2.26. The first-order chi connectivity index (χ1) is 15.2. The van der Waals surface area contributed by atoms with Crippen LogP contribution in [0.4, 0.5) is 17.6 Å². The molecular weight excluding hydrogens is 436 g/mol. The van der Waals surface area contributed by atoms with Gasteiger partial charge in [-0.25, -0.2) is 4.39 Å². The number of aliphatic hydroxyl groups is 1. The number of nitrogens with one attached hydrogen (secondary N) is 1. The van der Waals surface area contributed by atoms with Crippen LogP contribution in [0, 0.1) is 0 Å². The van der Waals surface area contributed by atoms with Crippen molar-refractivity contribution in [3.63, 3.8) is 0 Å². The summed E-state index contributed by atoms with van der Waals surface area (Å²) in [6, 6.07) is 8.79. The lowest BCUT2D eigenvalue weighted by molar-refractivity contribution is -0.274. The van der Waals surface area contributed by atoms with Gasteiger partial charge in [0.15, 0.2) is 0 Å². The van der Waals surface area contributed by atoms with E-state index in [1.165, 1.54) is 36.7 Å². The number of carbonyl (C=O) groups is 1. The Morgan fingerprint density at radius 2 is 1.94 bits per heavy atom. The lowest BCUT2D eigenvalue weighted by atomic mass is 10.1. The molecule has 0 atom stereocenters. The second-order valence-electron chi connectivity index (χ2n) is 6.23. The molecule has 0 radical (unpaired) electrons. The van der Waals surface area contributed by atoms with E-state index in [2.05, 4.69) is 20.1 Å². The Morgan fingerprint density at radius 1 is 1.22 bits per heavy atom. The van der Waals surface area contributed by atoms with Crippen molar-refractivity contribution in [3.05, 3.63) is 82.9 Å². The quantitative estimate of drug-likeness (QED) is 0.441. The van der Waals surface area contributed by atoms with Crippen molar-refractivity contribution in [2.45, 2.75) is 6.36 Å². The Hall–Kier alpha value is -4.22. The van der Waals surface area contributed by atoms with Crippen molar-refractivity contribution in [2.75, 3.05) is 6.54 Å². The first-order valence-corrected chi connectivity index (χ1v) is 8.85. The molecule has 1 aromatic carbocycles. The molecule has 8 nitrogen and oxygen atoms in total. The SMILES string of the molecule is O=C(NC/C(O)=C/F)c1cc(-c2ccc(OC(F)(F)F)cc2)nn(-c2cccnc2)c1=O. The van der Waals surface area contributed by atoms with Gasteiger partial charge in [0.1, 0.15) is 23.4 Å². The number of rotatable bonds is 6. The molecule has 0 spiro atoms. The average Bonchev–Trinajstić information content (AvgIpc) is 2.77. The highest BCUT2D eigenvalue weighted by molar-refractivity contribution is 5.95. The van der Waals surface area contributed by atoms with E-state index in [9.17, 15) is 32.3 Å². The van der Waals surface area contributed by atoms with Crippen molar-refractivity contribution >= 4 is 5.91 Å². The van der Waals surface area contributed by atoms with E-state index < -0.39 is 41.4 Å². The number of hydrogen-bond acceptors (Lipinski definition) is 6. The number of alkyl halides is 3. The Balaban J connectivity index is 2.06. The van der Waals surface area contributed by atoms with Crippen LogP contribution in [0.2, 0.25) is 0 Å². The highest BCUT2D eigenvalue weighted by atomic mass is 19.4. The van der Waals surface area contributed by atoms with Gasteiger partial charge >= 0.3 is 6.36 Å².